The second kappa shape index (κ2) is 8.67. The Kier molecular flexibility index (Phi) is 5.55. The van der Waals surface area contributed by atoms with Crippen LogP contribution in [0, 0.1) is 13.8 Å². The van der Waals surface area contributed by atoms with Crippen molar-refractivity contribution in [1.29, 1.82) is 0 Å². The zero-order chi connectivity index (χ0) is 22.9. The van der Waals surface area contributed by atoms with Gasteiger partial charge >= 0.3 is 0 Å². The summed E-state index contributed by atoms with van der Waals surface area (Å²) in [6, 6.07) is 13.1. The third-order valence-corrected chi connectivity index (χ3v) is 6.12. The molecule has 1 saturated heterocycles. The fourth-order valence-electron chi connectivity index (χ4n) is 4.34. The van der Waals surface area contributed by atoms with Crippen molar-refractivity contribution in [3.8, 4) is 5.82 Å². The number of rotatable bonds is 5. The number of aryl methyl sites for hydroxylation is 2. The van der Waals surface area contributed by atoms with Crippen molar-refractivity contribution in [2.45, 2.75) is 20.4 Å². The monoisotopic (exact) mass is 445 g/mol. The van der Waals surface area contributed by atoms with E-state index in [1.54, 1.807) is 10.7 Å². The number of fused-ring (bicyclic) bond motifs is 1. The van der Waals surface area contributed by atoms with Crippen LogP contribution in [0.5, 0.6) is 0 Å². The molecule has 0 spiro atoms. The molecule has 1 aliphatic heterocycles. The van der Waals surface area contributed by atoms with Crippen LogP contribution >= 0.6 is 0 Å². The highest BCUT2D eigenvalue weighted by Crippen LogP contribution is 2.14. The topological polar surface area (TPSA) is 80.7 Å². The van der Waals surface area contributed by atoms with E-state index in [0.717, 1.165) is 30.0 Å². The molecule has 0 bridgehead atoms. The van der Waals surface area contributed by atoms with E-state index in [4.69, 9.17) is 0 Å². The van der Waals surface area contributed by atoms with E-state index < -0.39 is 0 Å². The summed E-state index contributed by atoms with van der Waals surface area (Å²) in [5.74, 6) is 0.699. The highest BCUT2D eigenvalue weighted by Gasteiger charge is 2.23. The van der Waals surface area contributed by atoms with Gasteiger partial charge in [-0.05, 0) is 44.2 Å². The molecule has 4 aromatic heterocycles. The van der Waals surface area contributed by atoms with Crippen LogP contribution in [0.4, 0.5) is 0 Å². The standard InChI is InChI=1S/C24H27N7O2/c1-18-15-19(2)31(25-18)22-6-7-23(32)30(26-22)14-11-27-9-12-28(13-10-27)24(33)20-16-21-5-3-4-8-29(21)17-20/h3-8,15-17H,9-14H2,1-2H3. The molecule has 1 aliphatic rings. The molecule has 5 heterocycles. The van der Waals surface area contributed by atoms with Gasteiger partial charge in [0.2, 0.25) is 0 Å². The van der Waals surface area contributed by atoms with Gasteiger partial charge in [0.1, 0.15) is 0 Å². The first-order valence-electron chi connectivity index (χ1n) is 11.2. The zero-order valence-corrected chi connectivity index (χ0v) is 18.9. The first kappa shape index (κ1) is 21.1. The third kappa shape index (κ3) is 4.31. The van der Waals surface area contributed by atoms with Crippen LogP contribution in [-0.4, -0.2) is 72.4 Å². The molecule has 9 nitrogen and oxygen atoms in total. The maximum atomic E-state index is 12.9. The Morgan fingerprint density at radius 2 is 1.79 bits per heavy atom. The summed E-state index contributed by atoms with van der Waals surface area (Å²) in [5.41, 5.74) is 3.48. The van der Waals surface area contributed by atoms with Crippen LogP contribution in [0.2, 0.25) is 0 Å². The highest BCUT2D eigenvalue weighted by molar-refractivity contribution is 5.95. The minimum atomic E-state index is -0.130. The number of aromatic nitrogens is 5. The molecule has 33 heavy (non-hydrogen) atoms. The maximum absolute atomic E-state index is 12.9. The molecule has 1 fully saturated rings. The smallest absolute Gasteiger partial charge is 0.266 e. The van der Waals surface area contributed by atoms with Gasteiger partial charge in [-0.2, -0.15) is 5.10 Å². The van der Waals surface area contributed by atoms with Gasteiger partial charge in [0, 0.05) is 62.4 Å². The van der Waals surface area contributed by atoms with Crippen molar-refractivity contribution < 1.29 is 4.79 Å². The quantitative estimate of drug-likeness (QED) is 0.468. The fraction of sp³-hybridized carbons (Fsp3) is 0.333. The summed E-state index contributed by atoms with van der Waals surface area (Å²) in [6.07, 6.45) is 3.84. The van der Waals surface area contributed by atoms with Crippen LogP contribution < -0.4 is 5.56 Å². The average molecular weight is 446 g/mol. The minimum Gasteiger partial charge on any atom is -0.336 e. The molecule has 0 aliphatic carbocycles. The number of nitrogens with zero attached hydrogens (tertiary/aromatic N) is 7. The second-order valence-electron chi connectivity index (χ2n) is 8.49. The van der Waals surface area contributed by atoms with Crippen molar-refractivity contribution in [2.75, 3.05) is 32.7 Å². The molecule has 0 radical (unpaired) electrons. The number of carbonyl (C=O) groups excluding carboxylic acids is 1. The Morgan fingerprint density at radius 1 is 0.970 bits per heavy atom. The van der Waals surface area contributed by atoms with Gasteiger partial charge in [-0.25, -0.2) is 9.36 Å². The van der Waals surface area contributed by atoms with E-state index in [1.807, 2.05) is 65.9 Å². The highest BCUT2D eigenvalue weighted by atomic mass is 16.2. The Bertz CT molecular complexity index is 1330. The normalized spacial score (nSPS) is 14.8. The second-order valence-corrected chi connectivity index (χ2v) is 8.49. The van der Waals surface area contributed by atoms with E-state index in [1.165, 1.54) is 10.7 Å². The van der Waals surface area contributed by atoms with E-state index in [2.05, 4.69) is 15.1 Å². The Hall–Kier alpha value is -3.72. The predicted molar refractivity (Wildman–Crippen MR) is 125 cm³/mol. The largest absolute Gasteiger partial charge is 0.336 e. The first-order valence-corrected chi connectivity index (χ1v) is 11.2. The Labute approximate surface area is 191 Å². The maximum Gasteiger partial charge on any atom is 0.266 e. The van der Waals surface area contributed by atoms with Crippen LogP contribution in [0.1, 0.15) is 21.7 Å². The van der Waals surface area contributed by atoms with Crippen molar-refractivity contribution in [3.05, 3.63) is 82.2 Å². The Morgan fingerprint density at radius 3 is 2.52 bits per heavy atom. The van der Waals surface area contributed by atoms with Gasteiger partial charge in [-0.1, -0.05) is 6.07 Å². The molecular formula is C24H27N7O2. The van der Waals surface area contributed by atoms with Crippen molar-refractivity contribution in [1.82, 2.24) is 33.8 Å². The summed E-state index contributed by atoms with van der Waals surface area (Å²) in [6.45, 7) is 7.96. The number of hydrogen-bond acceptors (Lipinski definition) is 5. The molecule has 0 unspecified atom stereocenters. The van der Waals surface area contributed by atoms with Gasteiger partial charge in [0.15, 0.2) is 5.82 Å². The summed E-state index contributed by atoms with van der Waals surface area (Å²) in [4.78, 5) is 29.4. The third-order valence-electron chi connectivity index (χ3n) is 6.12. The lowest BCUT2D eigenvalue weighted by atomic mass is 10.2. The molecule has 170 valence electrons. The van der Waals surface area contributed by atoms with E-state index in [0.29, 0.717) is 37.6 Å². The molecule has 1 amide bonds. The number of hydrogen-bond donors (Lipinski definition) is 0. The molecule has 4 aromatic rings. The molecule has 0 atom stereocenters. The van der Waals surface area contributed by atoms with Crippen molar-refractivity contribution >= 4 is 11.4 Å². The molecule has 9 heteroatoms. The van der Waals surface area contributed by atoms with Crippen LogP contribution in [0.25, 0.3) is 11.3 Å². The lowest BCUT2D eigenvalue weighted by Gasteiger charge is -2.34. The molecule has 0 saturated carbocycles. The number of carbonyl (C=O) groups is 1. The Balaban J connectivity index is 1.19. The van der Waals surface area contributed by atoms with Gasteiger partial charge in [-0.15, -0.1) is 5.10 Å². The number of pyridine rings is 1. The van der Waals surface area contributed by atoms with Crippen LogP contribution in [-0.2, 0) is 6.54 Å². The summed E-state index contributed by atoms with van der Waals surface area (Å²) < 4.78 is 5.21. The van der Waals surface area contributed by atoms with Gasteiger partial charge < -0.3 is 9.30 Å². The van der Waals surface area contributed by atoms with E-state index >= 15 is 0 Å². The van der Waals surface area contributed by atoms with Gasteiger partial charge in [0.05, 0.1) is 17.8 Å². The lowest BCUT2D eigenvalue weighted by molar-refractivity contribution is 0.0631. The lowest BCUT2D eigenvalue weighted by Crippen LogP contribution is -2.49. The fourth-order valence-corrected chi connectivity index (χ4v) is 4.34. The molecular weight excluding hydrogens is 418 g/mol. The van der Waals surface area contributed by atoms with Gasteiger partial charge in [0.25, 0.3) is 11.5 Å². The van der Waals surface area contributed by atoms with Crippen molar-refractivity contribution in [3.63, 3.8) is 0 Å². The molecule has 0 N–H and O–H groups in total. The summed E-state index contributed by atoms with van der Waals surface area (Å²) >= 11 is 0. The minimum absolute atomic E-state index is 0.0637. The van der Waals surface area contributed by atoms with Crippen LogP contribution in [0.15, 0.2) is 59.7 Å². The van der Waals surface area contributed by atoms with Crippen molar-refractivity contribution in [2.24, 2.45) is 0 Å². The zero-order valence-electron chi connectivity index (χ0n) is 18.9. The van der Waals surface area contributed by atoms with Gasteiger partial charge in [-0.3, -0.25) is 14.5 Å². The molecule has 0 aromatic carbocycles. The average Bonchev–Trinajstić information content (AvgIpc) is 3.41. The molecule has 5 rings (SSSR count). The predicted octanol–water partition coefficient (Wildman–Crippen LogP) is 1.76. The van der Waals surface area contributed by atoms with E-state index in [9.17, 15) is 9.59 Å². The number of amides is 1. The van der Waals surface area contributed by atoms with Crippen LogP contribution in [0.3, 0.4) is 0 Å². The summed E-state index contributed by atoms with van der Waals surface area (Å²) in [7, 11) is 0. The SMILES string of the molecule is Cc1cc(C)n(-c2ccc(=O)n(CCN3CCN(C(=O)c4cc5ccccn5c4)CC3)n2)n1. The number of piperazine rings is 1. The van der Waals surface area contributed by atoms with E-state index in [-0.39, 0.29) is 11.5 Å². The summed E-state index contributed by atoms with van der Waals surface area (Å²) in [5, 5.41) is 8.97. The first-order chi connectivity index (χ1) is 16.0.